The zero-order valence-corrected chi connectivity index (χ0v) is 8.42. The van der Waals surface area contributed by atoms with Gasteiger partial charge in [0.15, 0.2) is 5.13 Å². The number of nitrogens with two attached hydrogens (primary N) is 1. The Labute approximate surface area is 85.5 Å². The summed E-state index contributed by atoms with van der Waals surface area (Å²) in [7, 11) is 0. The van der Waals surface area contributed by atoms with Crippen molar-refractivity contribution >= 4 is 22.6 Å². The SMILES string of the molecule is NC(=O)Oc1cnc(N2CCCC2)s1. The zero-order valence-electron chi connectivity index (χ0n) is 7.60. The minimum absolute atomic E-state index is 0.458. The molecule has 2 heterocycles. The first-order valence-electron chi connectivity index (χ1n) is 4.44. The van der Waals surface area contributed by atoms with Crippen LogP contribution in [-0.2, 0) is 0 Å². The van der Waals surface area contributed by atoms with E-state index in [0.717, 1.165) is 18.2 Å². The number of nitrogens with zero attached hydrogens (tertiary/aromatic N) is 2. The molecule has 1 aromatic rings. The molecule has 0 atom stereocenters. The van der Waals surface area contributed by atoms with E-state index >= 15 is 0 Å². The second kappa shape index (κ2) is 3.83. The molecule has 1 aliphatic heterocycles. The number of carbonyl (C=O) groups is 1. The highest BCUT2D eigenvalue weighted by Crippen LogP contribution is 2.30. The van der Waals surface area contributed by atoms with Crippen LogP contribution in [0.25, 0.3) is 0 Å². The number of thiazole rings is 1. The predicted molar refractivity (Wildman–Crippen MR) is 53.8 cm³/mol. The van der Waals surface area contributed by atoms with Crippen LogP contribution >= 0.6 is 11.3 Å². The molecule has 1 amide bonds. The van der Waals surface area contributed by atoms with Gasteiger partial charge in [0.2, 0.25) is 5.06 Å². The maximum atomic E-state index is 10.5. The molecule has 2 N–H and O–H groups in total. The van der Waals surface area contributed by atoms with Crippen molar-refractivity contribution in [2.45, 2.75) is 12.8 Å². The number of ether oxygens (including phenoxy) is 1. The van der Waals surface area contributed by atoms with Crippen LogP contribution in [0.5, 0.6) is 5.06 Å². The Hall–Kier alpha value is -1.30. The zero-order chi connectivity index (χ0) is 9.97. The average molecular weight is 213 g/mol. The summed E-state index contributed by atoms with van der Waals surface area (Å²) in [5.41, 5.74) is 4.89. The summed E-state index contributed by atoms with van der Waals surface area (Å²) in [5.74, 6) is 0. The highest BCUT2D eigenvalue weighted by Gasteiger charge is 2.16. The molecule has 1 saturated heterocycles. The predicted octanol–water partition coefficient (Wildman–Crippen LogP) is 1.20. The van der Waals surface area contributed by atoms with Crippen LogP contribution in [0, 0.1) is 0 Å². The van der Waals surface area contributed by atoms with Crippen molar-refractivity contribution in [3.63, 3.8) is 0 Å². The van der Waals surface area contributed by atoms with Crippen LogP contribution in [0.4, 0.5) is 9.93 Å². The molecule has 0 spiro atoms. The summed E-state index contributed by atoms with van der Waals surface area (Å²) in [5, 5.41) is 1.36. The Balaban J connectivity index is 2.05. The number of hydrogen-bond donors (Lipinski definition) is 1. The van der Waals surface area contributed by atoms with Crippen molar-refractivity contribution in [3.05, 3.63) is 6.20 Å². The monoisotopic (exact) mass is 213 g/mol. The van der Waals surface area contributed by atoms with E-state index in [1.165, 1.54) is 30.4 Å². The molecular formula is C8H11N3O2S. The van der Waals surface area contributed by atoms with Crippen LogP contribution in [0.3, 0.4) is 0 Å². The summed E-state index contributed by atoms with van der Waals surface area (Å²) < 4.78 is 4.72. The first-order chi connectivity index (χ1) is 6.75. The molecule has 5 nitrogen and oxygen atoms in total. The van der Waals surface area contributed by atoms with Crippen molar-refractivity contribution in [2.24, 2.45) is 5.73 Å². The fourth-order valence-corrected chi connectivity index (χ4v) is 2.28. The standard InChI is InChI=1S/C8H11N3O2S/c9-7(12)13-6-5-10-8(14-6)11-3-1-2-4-11/h5H,1-4H2,(H2,9,12). The number of amides is 1. The molecule has 14 heavy (non-hydrogen) atoms. The van der Waals surface area contributed by atoms with Gasteiger partial charge < -0.3 is 15.4 Å². The van der Waals surface area contributed by atoms with E-state index in [1.807, 2.05) is 0 Å². The van der Waals surface area contributed by atoms with Crippen molar-refractivity contribution < 1.29 is 9.53 Å². The van der Waals surface area contributed by atoms with Crippen LogP contribution < -0.4 is 15.4 Å². The number of aromatic nitrogens is 1. The number of hydrogen-bond acceptors (Lipinski definition) is 5. The number of carbonyl (C=O) groups excluding carboxylic acids is 1. The minimum Gasteiger partial charge on any atom is -0.398 e. The van der Waals surface area contributed by atoms with Gasteiger partial charge in [0.25, 0.3) is 0 Å². The lowest BCUT2D eigenvalue weighted by Crippen LogP contribution is -2.17. The molecule has 0 aliphatic carbocycles. The van der Waals surface area contributed by atoms with Crippen LogP contribution in [0.1, 0.15) is 12.8 Å². The van der Waals surface area contributed by atoms with Gasteiger partial charge in [-0.1, -0.05) is 11.3 Å². The maximum absolute atomic E-state index is 10.5. The normalized spacial score (nSPS) is 15.9. The molecule has 76 valence electrons. The molecule has 0 aromatic carbocycles. The van der Waals surface area contributed by atoms with Gasteiger partial charge in [-0.15, -0.1) is 0 Å². The molecule has 1 aromatic heterocycles. The van der Waals surface area contributed by atoms with Gasteiger partial charge in [-0.2, -0.15) is 0 Å². The van der Waals surface area contributed by atoms with Crippen molar-refractivity contribution in [1.29, 1.82) is 0 Å². The van der Waals surface area contributed by atoms with Gasteiger partial charge in [-0.3, -0.25) is 0 Å². The van der Waals surface area contributed by atoms with Crippen LogP contribution in [-0.4, -0.2) is 24.2 Å². The van der Waals surface area contributed by atoms with E-state index in [2.05, 4.69) is 9.88 Å². The lowest BCUT2D eigenvalue weighted by molar-refractivity contribution is 0.212. The van der Waals surface area contributed by atoms with E-state index in [-0.39, 0.29) is 0 Å². The Morgan fingerprint density at radius 2 is 2.29 bits per heavy atom. The first-order valence-corrected chi connectivity index (χ1v) is 5.25. The fraction of sp³-hybridized carbons (Fsp3) is 0.500. The quantitative estimate of drug-likeness (QED) is 0.801. The second-order valence-corrected chi connectivity index (χ2v) is 4.05. The topological polar surface area (TPSA) is 68.5 Å². The van der Waals surface area contributed by atoms with Gasteiger partial charge >= 0.3 is 6.09 Å². The fourth-order valence-electron chi connectivity index (χ4n) is 1.45. The van der Waals surface area contributed by atoms with Crippen molar-refractivity contribution in [3.8, 4) is 5.06 Å². The highest BCUT2D eigenvalue weighted by molar-refractivity contribution is 7.17. The lowest BCUT2D eigenvalue weighted by Gasteiger charge is -2.11. The molecule has 0 bridgehead atoms. The molecule has 2 rings (SSSR count). The third-order valence-corrected chi connectivity index (χ3v) is 2.99. The van der Waals surface area contributed by atoms with Gasteiger partial charge in [-0.05, 0) is 12.8 Å². The van der Waals surface area contributed by atoms with Gasteiger partial charge in [0, 0.05) is 13.1 Å². The van der Waals surface area contributed by atoms with E-state index in [1.54, 1.807) is 0 Å². The molecule has 1 fully saturated rings. The van der Waals surface area contributed by atoms with Gasteiger partial charge in [-0.25, -0.2) is 9.78 Å². The largest absolute Gasteiger partial charge is 0.410 e. The Morgan fingerprint density at radius 3 is 2.93 bits per heavy atom. The number of anilines is 1. The average Bonchev–Trinajstić information content (AvgIpc) is 2.69. The highest BCUT2D eigenvalue weighted by atomic mass is 32.1. The third kappa shape index (κ3) is 1.95. The molecule has 6 heteroatoms. The summed E-state index contributed by atoms with van der Waals surface area (Å²) in [6.45, 7) is 2.06. The molecular weight excluding hydrogens is 202 g/mol. The van der Waals surface area contributed by atoms with E-state index in [0.29, 0.717) is 5.06 Å². The van der Waals surface area contributed by atoms with Crippen LogP contribution in [0.2, 0.25) is 0 Å². The van der Waals surface area contributed by atoms with E-state index < -0.39 is 6.09 Å². The second-order valence-electron chi connectivity index (χ2n) is 3.08. The molecule has 0 unspecified atom stereocenters. The summed E-state index contributed by atoms with van der Waals surface area (Å²) in [6, 6.07) is 0. The lowest BCUT2D eigenvalue weighted by atomic mass is 10.4. The molecule has 1 aliphatic rings. The Bertz CT molecular complexity index is 333. The molecule has 0 radical (unpaired) electrons. The summed E-state index contributed by atoms with van der Waals surface area (Å²) >= 11 is 1.35. The minimum atomic E-state index is -0.790. The van der Waals surface area contributed by atoms with E-state index in [9.17, 15) is 4.79 Å². The first kappa shape index (κ1) is 9.26. The van der Waals surface area contributed by atoms with Crippen LogP contribution in [0.15, 0.2) is 6.20 Å². The molecule has 0 saturated carbocycles. The maximum Gasteiger partial charge on any atom is 0.410 e. The van der Waals surface area contributed by atoms with Crippen molar-refractivity contribution in [1.82, 2.24) is 4.98 Å². The van der Waals surface area contributed by atoms with Crippen molar-refractivity contribution in [2.75, 3.05) is 18.0 Å². The number of rotatable bonds is 2. The summed E-state index contributed by atoms with van der Waals surface area (Å²) in [4.78, 5) is 16.8. The van der Waals surface area contributed by atoms with E-state index in [4.69, 9.17) is 10.5 Å². The third-order valence-electron chi connectivity index (χ3n) is 2.05. The Kier molecular flexibility index (Phi) is 2.53. The van der Waals surface area contributed by atoms with Gasteiger partial charge in [0.05, 0.1) is 6.20 Å². The number of primary amides is 1. The Morgan fingerprint density at radius 1 is 1.57 bits per heavy atom. The smallest absolute Gasteiger partial charge is 0.398 e. The van der Waals surface area contributed by atoms with Gasteiger partial charge in [0.1, 0.15) is 0 Å². The summed E-state index contributed by atoms with van der Waals surface area (Å²) in [6.07, 6.45) is 3.14.